The fourth-order valence-electron chi connectivity index (χ4n) is 0.471. The highest BCUT2D eigenvalue weighted by Gasteiger charge is 2.10. The number of rotatable bonds is 3. The van der Waals surface area contributed by atoms with Gasteiger partial charge in [-0.05, 0) is 11.7 Å². The molecule has 0 saturated heterocycles. The Morgan fingerprint density at radius 3 is 1.67 bits per heavy atom. The third-order valence-corrected chi connectivity index (χ3v) is 2.84. The minimum absolute atomic E-state index is 0.0583. The van der Waals surface area contributed by atoms with Crippen LogP contribution in [0.15, 0.2) is 0 Å². The van der Waals surface area contributed by atoms with Gasteiger partial charge < -0.3 is 0 Å². The maximum absolute atomic E-state index is 4.26. The standard InChI is InChI=1S/C5H12S4/c1-3(6)2-4(7)5(8)9/h3-9H,2H2,1H3. The summed E-state index contributed by atoms with van der Waals surface area (Å²) >= 11 is 16.7. The fraction of sp³-hybridized carbons (Fsp3) is 1.00. The molecule has 0 nitrogen and oxygen atoms in total. The molecule has 0 aromatic heterocycles. The van der Waals surface area contributed by atoms with Crippen molar-refractivity contribution >= 4 is 50.5 Å². The lowest BCUT2D eigenvalue weighted by molar-refractivity contribution is 0.806. The minimum atomic E-state index is 0.0583. The van der Waals surface area contributed by atoms with E-state index in [1.807, 2.05) is 6.92 Å². The summed E-state index contributed by atoms with van der Waals surface area (Å²) in [5, 5.41) is 0.624. The summed E-state index contributed by atoms with van der Waals surface area (Å²) in [6, 6.07) is 0. The average molecular weight is 200 g/mol. The second kappa shape index (κ2) is 5.10. The lowest BCUT2D eigenvalue weighted by Gasteiger charge is -2.14. The van der Waals surface area contributed by atoms with Gasteiger partial charge in [-0.3, -0.25) is 0 Å². The molecule has 0 radical (unpaired) electrons. The van der Waals surface area contributed by atoms with Crippen LogP contribution in [0.25, 0.3) is 0 Å². The van der Waals surface area contributed by atoms with Crippen LogP contribution in [-0.4, -0.2) is 15.1 Å². The van der Waals surface area contributed by atoms with Gasteiger partial charge in [-0.25, -0.2) is 0 Å². The van der Waals surface area contributed by atoms with Crippen LogP contribution >= 0.6 is 50.5 Å². The van der Waals surface area contributed by atoms with Gasteiger partial charge in [-0.15, -0.1) is 0 Å². The molecule has 0 aliphatic rings. The summed E-state index contributed by atoms with van der Waals surface area (Å²) < 4.78 is 0.0583. The van der Waals surface area contributed by atoms with Crippen LogP contribution in [0.2, 0.25) is 0 Å². The number of thiol groups is 4. The third-order valence-electron chi connectivity index (χ3n) is 0.927. The van der Waals surface area contributed by atoms with Gasteiger partial charge in [0.15, 0.2) is 0 Å². The highest BCUT2D eigenvalue weighted by molar-refractivity contribution is 8.00. The molecule has 4 heteroatoms. The van der Waals surface area contributed by atoms with E-state index in [0.717, 1.165) is 6.42 Å². The van der Waals surface area contributed by atoms with Crippen molar-refractivity contribution in [3.63, 3.8) is 0 Å². The highest BCUT2D eigenvalue weighted by Crippen LogP contribution is 2.19. The van der Waals surface area contributed by atoms with E-state index in [2.05, 4.69) is 50.5 Å². The first kappa shape index (κ1) is 10.4. The molecular weight excluding hydrogens is 188 g/mol. The van der Waals surface area contributed by atoms with Crippen LogP contribution in [0.3, 0.4) is 0 Å². The smallest absolute Gasteiger partial charge is 0.0558 e. The van der Waals surface area contributed by atoms with Crippen LogP contribution in [0.5, 0.6) is 0 Å². The Kier molecular flexibility index (Phi) is 5.90. The topological polar surface area (TPSA) is 0 Å². The van der Waals surface area contributed by atoms with Crippen molar-refractivity contribution in [2.45, 2.75) is 28.4 Å². The summed E-state index contributed by atoms with van der Waals surface area (Å²) in [4.78, 5) is 0. The summed E-state index contributed by atoms with van der Waals surface area (Å²) in [5.41, 5.74) is 0. The molecule has 0 fully saturated rings. The maximum Gasteiger partial charge on any atom is 0.0558 e. The predicted molar refractivity (Wildman–Crippen MR) is 57.6 cm³/mol. The van der Waals surface area contributed by atoms with Crippen molar-refractivity contribution in [3.05, 3.63) is 0 Å². The Balaban J connectivity index is 3.38. The van der Waals surface area contributed by atoms with Gasteiger partial charge in [0.25, 0.3) is 0 Å². The predicted octanol–water partition coefficient (Wildman–Crippen LogP) is 2.18. The van der Waals surface area contributed by atoms with Gasteiger partial charge in [-0.1, -0.05) is 6.92 Å². The molecule has 0 heterocycles. The number of hydrogen-bond donors (Lipinski definition) is 4. The van der Waals surface area contributed by atoms with Gasteiger partial charge in [0, 0.05) is 5.25 Å². The summed E-state index contributed by atoms with van der Waals surface area (Å²) in [6.45, 7) is 2.04. The maximum atomic E-state index is 4.26. The first-order valence-corrected chi connectivity index (χ1v) is 4.83. The average Bonchev–Trinajstić information content (AvgIpc) is 1.63. The summed E-state index contributed by atoms with van der Waals surface area (Å²) in [5.74, 6) is 0. The Labute approximate surface area is 78.8 Å². The molecule has 0 aliphatic carbocycles. The van der Waals surface area contributed by atoms with Crippen molar-refractivity contribution in [3.8, 4) is 0 Å². The summed E-state index contributed by atoms with van der Waals surface area (Å²) in [6.07, 6.45) is 0.948. The molecule has 0 amide bonds. The monoisotopic (exact) mass is 200 g/mol. The minimum Gasteiger partial charge on any atom is -0.176 e. The molecule has 2 atom stereocenters. The SMILES string of the molecule is CC(S)CC(S)C(S)S. The van der Waals surface area contributed by atoms with Crippen LogP contribution < -0.4 is 0 Å². The van der Waals surface area contributed by atoms with Gasteiger partial charge in [-0.2, -0.15) is 50.5 Å². The molecular formula is C5H12S4. The van der Waals surface area contributed by atoms with Crippen molar-refractivity contribution in [1.82, 2.24) is 0 Å². The second-order valence-electron chi connectivity index (χ2n) is 2.07. The van der Waals surface area contributed by atoms with Crippen molar-refractivity contribution < 1.29 is 0 Å². The van der Waals surface area contributed by atoms with E-state index < -0.39 is 0 Å². The zero-order chi connectivity index (χ0) is 7.44. The van der Waals surface area contributed by atoms with Gasteiger partial charge >= 0.3 is 0 Å². The summed E-state index contributed by atoms with van der Waals surface area (Å²) in [7, 11) is 0. The van der Waals surface area contributed by atoms with Gasteiger partial charge in [0.2, 0.25) is 0 Å². The molecule has 0 bridgehead atoms. The molecule has 0 aliphatic heterocycles. The Bertz CT molecular complexity index is 71.4. The molecule has 0 saturated carbocycles. The molecule has 9 heavy (non-hydrogen) atoms. The van der Waals surface area contributed by atoms with Crippen molar-refractivity contribution in [2.75, 3.05) is 0 Å². The Morgan fingerprint density at radius 2 is 1.56 bits per heavy atom. The van der Waals surface area contributed by atoms with Crippen molar-refractivity contribution in [1.29, 1.82) is 0 Å². The van der Waals surface area contributed by atoms with E-state index in [1.54, 1.807) is 0 Å². The lowest BCUT2D eigenvalue weighted by Crippen LogP contribution is -2.12. The molecule has 0 rings (SSSR count). The zero-order valence-electron chi connectivity index (χ0n) is 5.23. The van der Waals surface area contributed by atoms with Gasteiger partial charge in [0.1, 0.15) is 0 Å². The molecule has 0 N–H and O–H groups in total. The highest BCUT2D eigenvalue weighted by atomic mass is 32.2. The van der Waals surface area contributed by atoms with E-state index in [-0.39, 0.29) is 9.83 Å². The normalized spacial score (nSPS) is 18.0. The number of hydrogen-bond acceptors (Lipinski definition) is 4. The molecule has 56 valence electrons. The van der Waals surface area contributed by atoms with Gasteiger partial charge in [0.05, 0.1) is 4.58 Å². The van der Waals surface area contributed by atoms with E-state index in [1.165, 1.54) is 0 Å². The van der Waals surface area contributed by atoms with Crippen LogP contribution in [0.1, 0.15) is 13.3 Å². The molecule has 2 unspecified atom stereocenters. The fourth-order valence-corrected chi connectivity index (χ4v) is 1.42. The largest absolute Gasteiger partial charge is 0.176 e. The van der Waals surface area contributed by atoms with E-state index in [4.69, 9.17) is 0 Å². The van der Waals surface area contributed by atoms with Crippen LogP contribution in [0, 0.1) is 0 Å². The molecule has 0 spiro atoms. The Hall–Kier alpha value is 1.40. The first-order valence-electron chi connectivity index (χ1n) is 2.76. The Morgan fingerprint density at radius 1 is 1.11 bits per heavy atom. The first-order chi connectivity index (χ1) is 4.04. The second-order valence-corrected chi connectivity index (χ2v) is 5.13. The van der Waals surface area contributed by atoms with E-state index in [9.17, 15) is 0 Å². The quantitative estimate of drug-likeness (QED) is 0.390. The van der Waals surface area contributed by atoms with Crippen LogP contribution in [0.4, 0.5) is 0 Å². The van der Waals surface area contributed by atoms with E-state index in [0.29, 0.717) is 5.25 Å². The third kappa shape index (κ3) is 5.83. The molecule has 0 aromatic rings. The lowest BCUT2D eigenvalue weighted by atomic mass is 10.2. The molecule has 0 aromatic carbocycles. The van der Waals surface area contributed by atoms with Crippen LogP contribution in [-0.2, 0) is 0 Å². The zero-order valence-corrected chi connectivity index (χ0v) is 8.81. The van der Waals surface area contributed by atoms with Crippen molar-refractivity contribution in [2.24, 2.45) is 0 Å². The van der Waals surface area contributed by atoms with E-state index >= 15 is 0 Å².